The van der Waals surface area contributed by atoms with Crippen LogP contribution >= 0.6 is 0 Å². The van der Waals surface area contributed by atoms with Gasteiger partial charge >= 0.3 is 6.03 Å². The van der Waals surface area contributed by atoms with Gasteiger partial charge in [0.15, 0.2) is 0 Å². The zero-order valence-electron chi connectivity index (χ0n) is 19.7. The maximum atomic E-state index is 13.5. The minimum Gasteiger partial charge on any atom is -0.385 e. The number of rotatable bonds is 7. The fourth-order valence-corrected chi connectivity index (χ4v) is 5.47. The van der Waals surface area contributed by atoms with Crippen LogP contribution < -0.4 is 4.90 Å². The average molecular weight is 449 g/mol. The molecule has 2 fully saturated rings. The van der Waals surface area contributed by atoms with Gasteiger partial charge in [-0.05, 0) is 51.8 Å². The molecule has 1 saturated heterocycles. The monoisotopic (exact) mass is 448 g/mol. The second kappa shape index (κ2) is 9.46. The van der Waals surface area contributed by atoms with Gasteiger partial charge < -0.3 is 9.64 Å². The topological polar surface area (TPSA) is 85.6 Å². The Balaban J connectivity index is 1.62. The number of aromatic nitrogens is 2. The number of methoxy groups -OCH3 is 1. The van der Waals surface area contributed by atoms with Gasteiger partial charge in [0.1, 0.15) is 6.07 Å². The van der Waals surface area contributed by atoms with Crippen LogP contribution in [0.15, 0.2) is 42.7 Å². The van der Waals surface area contributed by atoms with Gasteiger partial charge in [0.2, 0.25) is 5.95 Å². The van der Waals surface area contributed by atoms with Crippen molar-refractivity contribution in [1.29, 1.82) is 5.26 Å². The summed E-state index contributed by atoms with van der Waals surface area (Å²) >= 11 is 0. The minimum absolute atomic E-state index is 0.0495. The molecule has 2 amide bonds. The van der Waals surface area contributed by atoms with E-state index in [0.29, 0.717) is 31.2 Å². The van der Waals surface area contributed by atoms with E-state index in [4.69, 9.17) is 10.00 Å². The van der Waals surface area contributed by atoms with Crippen LogP contribution in [0.25, 0.3) is 0 Å². The zero-order valence-corrected chi connectivity index (χ0v) is 19.7. The van der Waals surface area contributed by atoms with E-state index >= 15 is 0 Å². The van der Waals surface area contributed by atoms with Crippen molar-refractivity contribution in [3.05, 3.63) is 53.9 Å². The summed E-state index contributed by atoms with van der Waals surface area (Å²) in [6.45, 7) is 1.81. The Bertz CT molecular complexity index is 994. The number of nitriles is 1. The van der Waals surface area contributed by atoms with Crippen LogP contribution in [0, 0.1) is 11.3 Å². The summed E-state index contributed by atoms with van der Waals surface area (Å²) < 4.78 is 5.26. The maximum absolute atomic E-state index is 13.5. The number of hydrogen-bond acceptors (Lipinski definition) is 6. The molecule has 174 valence electrons. The first-order valence-electron chi connectivity index (χ1n) is 11.5. The molecule has 0 N–H and O–H groups in total. The Kier molecular flexibility index (Phi) is 6.63. The van der Waals surface area contributed by atoms with Crippen molar-refractivity contribution >= 4 is 12.0 Å². The first-order chi connectivity index (χ1) is 16.0. The third-order valence-corrected chi connectivity index (χ3v) is 7.40. The van der Waals surface area contributed by atoms with Crippen molar-refractivity contribution in [3.8, 4) is 6.07 Å². The number of carbonyl (C=O) groups is 1. The Morgan fingerprint density at radius 1 is 1.12 bits per heavy atom. The van der Waals surface area contributed by atoms with E-state index < -0.39 is 0 Å². The predicted molar refractivity (Wildman–Crippen MR) is 126 cm³/mol. The second-order valence-electron chi connectivity index (χ2n) is 9.27. The molecule has 1 saturated carbocycles. The molecule has 1 spiro atoms. The molecule has 0 atom stereocenters. The van der Waals surface area contributed by atoms with E-state index in [1.165, 1.54) is 18.0 Å². The molecule has 1 aromatic carbocycles. The van der Waals surface area contributed by atoms with E-state index in [-0.39, 0.29) is 17.1 Å². The molecule has 1 aliphatic carbocycles. The lowest BCUT2D eigenvalue weighted by Crippen LogP contribution is -2.55. The molecule has 0 bridgehead atoms. The average Bonchev–Trinajstić information content (AvgIpc) is 3.11. The molecule has 2 heterocycles. The number of nitrogens with zero attached hydrogens (tertiary/aromatic N) is 6. The molecule has 1 aromatic heterocycles. The highest BCUT2D eigenvalue weighted by atomic mass is 16.5. The Morgan fingerprint density at radius 2 is 1.79 bits per heavy atom. The number of urea groups is 1. The van der Waals surface area contributed by atoms with Crippen LogP contribution in [0.5, 0.6) is 0 Å². The predicted octanol–water partition coefficient (Wildman–Crippen LogP) is 3.40. The lowest BCUT2D eigenvalue weighted by Gasteiger charge is -2.51. The first kappa shape index (κ1) is 23.1. The van der Waals surface area contributed by atoms with Crippen molar-refractivity contribution in [2.24, 2.45) is 0 Å². The standard InChI is InChI=1S/C25H32N6O2/c1-29(2)25(21-8-5-4-6-9-21)12-10-24(11-13-25)19-30(22-27-17-20(16-26)18-28-22)23(32)31(24)14-7-15-33-3/h4-6,8-9,17-18H,7,10-15,19H2,1-3H3/t24-,25-. The van der Waals surface area contributed by atoms with Gasteiger partial charge in [0, 0.05) is 25.8 Å². The quantitative estimate of drug-likeness (QED) is 0.604. The van der Waals surface area contributed by atoms with Crippen LogP contribution in [-0.2, 0) is 10.3 Å². The smallest absolute Gasteiger partial charge is 0.327 e. The van der Waals surface area contributed by atoms with E-state index in [0.717, 1.165) is 32.1 Å². The van der Waals surface area contributed by atoms with E-state index in [1.54, 1.807) is 12.0 Å². The molecule has 8 heteroatoms. The Morgan fingerprint density at radius 3 is 2.36 bits per heavy atom. The number of anilines is 1. The van der Waals surface area contributed by atoms with Gasteiger partial charge in [-0.25, -0.2) is 14.8 Å². The van der Waals surface area contributed by atoms with Crippen molar-refractivity contribution in [2.75, 3.05) is 45.8 Å². The van der Waals surface area contributed by atoms with Gasteiger partial charge in [0.05, 0.1) is 30.0 Å². The zero-order chi connectivity index (χ0) is 23.5. The number of ether oxygens (including phenoxy) is 1. The summed E-state index contributed by atoms with van der Waals surface area (Å²) in [5.41, 5.74) is 1.39. The number of carbonyl (C=O) groups excluding carboxylic acids is 1. The molecule has 0 unspecified atom stereocenters. The highest BCUT2D eigenvalue weighted by Gasteiger charge is 2.55. The van der Waals surface area contributed by atoms with Gasteiger partial charge in [-0.1, -0.05) is 30.3 Å². The summed E-state index contributed by atoms with van der Waals surface area (Å²) in [6, 6.07) is 12.7. The normalized spacial score (nSPS) is 25.1. The summed E-state index contributed by atoms with van der Waals surface area (Å²) in [7, 11) is 5.99. The molecular formula is C25H32N6O2. The Hall–Kier alpha value is -3.02. The number of benzene rings is 1. The lowest BCUT2D eigenvalue weighted by molar-refractivity contribution is 0.0240. The van der Waals surface area contributed by atoms with Crippen LogP contribution in [-0.4, -0.2) is 72.2 Å². The van der Waals surface area contributed by atoms with Crippen molar-refractivity contribution in [1.82, 2.24) is 19.8 Å². The third kappa shape index (κ3) is 4.19. The molecule has 2 aliphatic rings. The first-order valence-corrected chi connectivity index (χ1v) is 11.5. The molecule has 33 heavy (non-hydrogen) atoms. The summed E-state index contributed by atoms with van der Waals surface area (Å²) in [5, 5.41) is 9.06. The van der Waals surface area contributed by atoms with Gasteiger partial charge in [0.25, 0.3) is 0 Å². The van der Waals surface area contributed by atoms with Crippen LogP contribution in [0.4, 0.5) is 10.7 Å². The SMILES string of the molecule is COCCCN1C(=O)N(c2ncc(C#N)cn2)C[C@]12CC[C@@](c1ccccc1)(N(C)C)CC2. The molecule has 8 nitrogen and oxygen atoms in total. The third-order valence-electron chi connectivity index (χ3n) is 7.40. The maximum Gasteiger partial charge on any atom is 0.327 e. The number of amides is 2. The van der Waals surface area contributed by atoms with Crippen LogP contribution in [0.1, 0.15) is 43.2 Å². The van der Waals surface area contributed by atoms with E-state index in [9.17, 15) is 4.79 Å². The second-order valence-corrected chi connectivity index (χ2v) is 9.27. The molecule has 0 radical (unpaired) electrons. The summed E-state index contributed by atoms with van der Waals surface area (Å²) in [4.78, 5) is 28.2. The van der Waals surface area contributed by atoms with Crippen molar-refractivity contribution < 1.29 is 9.53 Å². The summed E-state index contributed by atoms with van der Waals surface area (Å²) in [6.07, 6.45) is 7.44. The highest BCUT2D eigenvalue weighted by molar-refractivity contribution is 5.93. The van der Waals surface area contributed by atoms with Gasteiger partial charge in [-0.3, -0.25) is 9.80 Å². The fraction of sp³-hybridized carbons (Fsp3) is 0.520. The van der Waals surface area contributed by atoms with E-state index in [1.807, 2.05) is 11.0 Å². The van der Waals surface area contributed by atoms with Gasteiger partial charge in [-0.2, -0.15) is 5.26 Å². The molecule has 2 aromatic rings. The number of hydrogen-bond donors (Lipinski definition) is 0. The lowest BCUT2D eigenvalue weighted by atomic mass is 9.68. The largest absolute Gasteiger partial charge is 0.385 e. The molecular weight excluding hydrogens is 416 g/mol. The van der Waals surface area contributed by atoms with E-state index in [2.05, 4.69) is 59.3 Å². The molecule has 4 rings (SSSR count). The minimum atomic E-state index is -0.267. The molecule has 1 aliphatic heterocycles. The summed E-state index contributed by atoms with van der Waals surface area (Å²) in [5.74, 6) is 0.361. The van der Waals surface area contributed by atoms with Crippen LogP contribution in [0.3, 0.4) is 0 Å². The van der Waals surface area contributed by atoms with Gasteiger partial charge in [-0.15, -0.1) is 0 Å². The Labute approximate surface area is 195 Å². The van der Waals surface area contributed by atoms with Crippen molar-refractivity contribution in [2.45, 2.75) is 43.2 Å². The highest BCUT2D eigenvalue weighted by Crippen LogP contribution is 2.49. The fourth-order valence-electron chi connectivity index (χ4n) is 5.47. The van der Waals surface area contributed by atoms with Crippen molar-refractivity contribution in [3.63, 3.8) is 0 Å². The van der Waals surface area contributed by atoms with Crippen LogP contribution in [0.2, 0.25) is 0 Å².